The summed E-state index contributed by atoms with van der Waals surface area (Å²) in [6.07, 6.45) is 12.1. The van der Waals surface area contributed by atoms with Gasteiger partial charge in [0.1, 0.15) is 11.7 Å². The van der Waals surface area contributed by atoms with E-state index in [1.165, 1.54) is 24.8 Å². The Labute approximate surface area is 190 Å². The van der Waals surface area contributed by atoms with Gasteiger partial charge < -0.3 is 15.3 Å². The third-order valence-corrected chi connectivity index (χ3v) is 10.7. The minimum Gasteiger partial charge on any atom is -0.393 e. The minimum atomic E-state index is -1.20. The molecule has 1 unspecified atom stereocenters. The van der Waals surface area contributed by atoms with Crippen LogP contribution in [0.25, 0.3) is 0 Å². The number of hydrogen-bond donors (Lipinski definition) is 3. The van der Waals surface area contributed by atoms with Crippen molar-refractivity contribution in [3.63, 3.8) is 0 Å². The molecule has 0 amide bonds. The molecule has 0 spiro atoms. The van der Waals surface area contributed by atoms with Crippen LogP contribution in [0.3, 0.4) is 0 Å². The number of fused-ring (bicyclic) bond motifs is 5. The fraction of sp³-hybridized carbons (Fsp3) is 0.857. The zero-order valence-electron chi connectivity index (χ0n) is 20.6. The SMILES string of the molecule is CC(C)C(C)/C=C\[C@@H](C)[C@H]1CC[C@H]2C3=C[C@@H](O)[C@@]4(O)C[C@@H](O)CC[C@]4(C)[C@H]3CC[C@]12C. The molecule has 0 heterocycles. The monoisotopic (exact) mass is 430 g/mol. The van der Waals surface area contributed by atoms with Gasteiger partial charge in [-0.25, -0.2) is 0 Å². The Bertz CT molecular complexity index is 741. The molecule has 0 aromatic rings. The summed E-state index contributed by atoms with van der Waals surface area (Å²) < 4.78 is 0. The van der Waals surface area contributed by atoms with E-state index in [1.54, 1.807) is 0 Å². The third kappa shape index (κ3) is 3.49. The summed E-state index contributed by atoms with van der Waals surface area (Å²) >= 11 is 0. The fourth-order valence-corrected chi connectivity index (χ4v) is 8.16. The molecule has 4 aliphatic rings. The van der Waals surface area contributed by atoms with Gasteiger partial charge in [-0.15, -0.1) is 0 Å². The lowest BCUT2D eigenvalue weighted by Crippen LogP contribution is -2.65. The molecule has 3 N–H and O–H groups in total. The number of hydrogen-bond acceptors (Lipinski definition) is 3. The van der Waals surface area contributed by atoms with E-state index in [1.807, 2.05) is 6.08 Å². The lowest BCUT2D eigenvalue weighted by atomic mass is 9.45. The van der Waals surface area contributed by atoms with Crippen LogP contribution in [-0.2, 0) is 0 Å². The highest BCUT2D eigenvalue weighted by atomic mass is 16.3. The quantitative estimate of drug-likeness (QED) is 0.516. The molecule has 0 aromatic heterocycles. The molecule has 3 nitrogen and oxygen atoms in total. The van der Waals surface area contributed by atoms with Crippen LogP contribution in [0.5, 0.6) is 0 Å². The second-order valence-corrected chi connectivity index (χ2v) is 12.5. The average molecular weight is 431 g/mol. The molecule has 4 rings (SSSR count). The fourth-order valence-electron chi connectivity index (χ4n) is 8.16. The van der Waals surface area contributed by atoms with E-state index >= 15 is 0 Å². The summed E-state index contributed by atoms with van der Waals surface area (Å²) in [5, 5.41) is 32.9. The van der Waals surface area contributed by atoms with E-state index in [0.29, 0.717) is 41.9 Å². The van der Waals surface area contributed by atoms with E-state index in [0.717, 1.165) is 19.3 Å². The molecule has 0 bridgehead atoms. The predicted molar refractivity (Wildman–Crippen MR) is 126 cm³/mol. The zero-order chi connectivity index (χ0) is 22.8. The Morgan fingerprint density at radius 2 is 1.65 bits per heavy atom. The Kier molecular flexibility index (Phi) is 6.06. The largest absolute Gasteiger partial charge is 0.393 e. The molecule has 31 heavy (non-hydrogen) atoms. The van der Waals surface area contributed by atoms with Gasteiger partial charge in [-0.3, -0.25) is 0 Å². The lowest BCUT2D eigenvalue weighted by Gasteiger charge is -2.62. The van der Waals surface area contributed by atoms with Crippen LogP contribution >= 0.6 is 0 Å². The molecule has 4 aliphatic carbocycles. The molecular formula is C28H46O3. The van der Waals surface area contributed by atoms with Crippen LogP contribution in [0.4, 0.5) is 0 Å². The van der Waals surface area contributed by atoms with Crippen molar-refractivity contribution >= 4 is 0 Å². The van der Waals surface area contributed by atoms with Crippen molar-refractivity contribution in [2.45, 2.75) is 104 Å². The molecule has 0 aromatic carbocycles. The van der Waals surface area contributed by atoms with Gasteiger partial charge in [-0.2, -0.15) is 0 Å². The second-order valence-electron chi connectivity index (χ2n) is 12.5. The minimum absolute atomic E-state index is 0.271. The normalized spacial score (nSPS) is 49.4. The second kappa shape index (κ2) is 7.99. The summed E-state index contributed by atoms with van der Waals surface area (Å²) in [7, 11) is 0. The van der Waals surface area contributed by atoms with Gasteiger partial charge in [0, 0.05) is 11.8 Å². The summed E-state index contributed by atoms with van der Waals surface area (Å²) in [6.45, 7) is 14.0. The molecule has 0 radical (unpaired) electrons. The van der Waals surface area contributed by atoms with Gasteiger partial charge >= 0.3 is 0 Å². The van der Waals surface area contributed by atoms with Crippen molar-refractivity contribution in [3.8, 4) is 0 Å². The highest BCUT2D eigenvalue weighted by Crippen LogP contribution is 2.67. The van der Waals surface area contributed by atoms with Crippen LogP contribution < -0.4 is 0 Å². The van der Waals surface area contributed by atoms with Gasteiger partial charge in [-0.05, 0) is 79.4 Å². The van der Waals surface area contributed by atoms with Crippen molar-refractivity contribution in [2.75, 3.05) is 0 Å². The van der Waals surface area contributed by atoms with Crippen LogP contribution in [0.1, 0.15) is 86.5 Å². The van der Waals surface area contributed by atoms with Crippen LogP contribution in [-0.4, -0.2) is 33.1 Å². The van der Waals surface area contributed by atoms with E-state index < -0.39 is 17.8 Å². The Hall–Kier alpha value is -0.640. The third-order valence-electron chi connectivity index (χ3n) is 10.7. The standard InChI is InChI=1S/C28H46O3/c1-17(2)18(3)7-8-19(4)22-9-10-23-21-15-25(30)28(31)16-20(29)11-14-27(28,6)24(21)12-13-26(22,23)5/h7-8,15,17-20,22-25,29-31H,9-14,16H2,1-6H3/b8-7-/t18?,19-,20+,22-,23+,24+,25-,26-,27-,28+/m1/s1. The van der Waals surface area contributed by atoms with E-state index in [2.05, 4.69) is 53.7 Å². The number of rotatable bonds is 4. The van der Waals surface area contributed by atoms with Crippen molar-refractivity contribution in [1.82, 2.24) is 0 Å². The Morgan fingerprint density at radius 1 is 0.935 bits per heavy atom. The van der Waals surface area contributed by atoms with Gasteiger partial charge in [-0.1, -0.05) is 65.3 Å². The zero-order valence-corrected chi connectivity index (χ0v) is 20.6. The van der Waals surface area contributed by atoms with E-state index in [-0.39, 0.29) is 10.8 Å². The maximum atomic E-state index is 11.6. The molecule has 0 aliphatic heterocycles. The van der Waals surface area contributed by atoms with Gasteiger partial charge in [0.15, 0.2) is 0 Å². The smallest absolute Gasteiger partial charge is 0.102 e. The molecule has 10 atom stereocenters. The predicted octanol–water partition coefficient (Wildman–Crippen LogP) is 5.50. The summed E-state index contributed by atoms with van der Waals surface area (Å²) in [5.74, 6) is 3.37. The maximum Gasteiger partial charge on any atom is 0.102 e. The average Bonchev–Trinajstić information content (AvgIpc) is 3.05. The summed E-state index contributed by atoms with van der Waals surface area (Å²) in [5.41, 5.74) is 0.160. The number of allylic oxidation sites excluding steroid dienone is 3. The van der Waals surface area contributed by atoms with E-state index in [4.69, 9.17) is 0 Å². The number of aliphatic hydroxyl groups excluding tert-OH is 2. The highest BCUT2D eigenvalue weighted by molar-refractivity contribution is 5.33. The van der Waals surface area contributed by atoms with Crippen LogP contribution in [0, 0.1) is 46.3 Å². The Morgan fingerprint density at radius 3 is 2.32 bits per heavy atom. The molecule has 3 saturated carbocycles. The first-order valence-electron chi connectivity index (χ1n) is 12.9. The molecule has 3 heteroatoms. The Balaban J connectivity index is 1.61. The molecule has 0 saturated heterocycles. The van der Waals surface area contributed by atoms with Crippen molar-refractivity contribution in [3.05, 3.63) is 23.8 Å². The van der Waals surface area contributed by atoms with Gasteiger partial charge in [0.25, 0.3) is 0 Å². The molecular weight excluding hydrogens is 384 g/mol. The summed E-state index contributed by atoms with van der Waals surface area (Å²) in [4.78, 5) is 0. The topological polar surface area (TPSA) is 60.7 Å². The van der Waals surface area contributed by atoms with Crippen molar-refractivity contribution in [1.29, 1.82) is 0 Å². The first-order chi connectivity index (χ1) is 14.4. The van der Waals surface area contributed by atoms with Crippen molar-refractivity contribution in [2.24, 2.45) is 46.3 Å². The van der Waals surface area contributed by atoms with Gasteiger partial charge in [0.2, 0.25) is 0 Å². The molecule has 176 valence electrons. The maximum absolute atomic E-state index is 11.6. The van der Waals surface area contributed by atoms with Crippen LogP contribution in [0.2, 0.25) is 0 Å². The van der Waals surface area contributed by atoms with Crippen LogP contribution in [0.15, 0.2) is 23.8 Å². The first-order valence-corrected chi connectivity index (χ1v) is 12.9. The van der Waals surface area contributed by atoms with Gasteiger partial charge in [0.05, 0.1) is 6.10 Å². The lowest BCUT2D eigenvalue weighted by molar-refractivity contribution is -0.210. The number of aliphatic hydroxyl groups is 3. The van der Waals surface area contributed by atoms with Crippen molar-refractivity contribution < 1.29 is 15.3 Å². The molecule has 3 fully saturated rings. The van der Waals surface area contributed by atoms with E-state index in [9.17, 15) is 15.3 Å². The first kappa shape index (κ1) is 23.5. The summed E-state index contributed by atoms with van der Waals surface area (Å²) in [6, 6.07) is 0. The highest BCUT2D eigenvalue weighted by Gasteiger charge is 2.64.